The highest BCUT2D eigenvalue weighted by Gasteiger charge is 2.04. The fraction of sp³-hybridized carbons (Fsp3) is 0.167. The Labute approximate surface area is 128 Å². The van der Waals surface area contributed by atoms with Crippen molar-refractivity contribution >= 4 is 21.4 Å². The molecule has 0 aliphatic rings. The summed E-state index contributed by atoms with van der Waals surface area (Å²) in [5.74, 6) is 5.97. The van der Waals surface area contributed by atoms with E-state index in [-0.39, 0.29) is 6.61 Å². The summed E-state index contributed by atoms with van der Waals surface area (Å²) in [5.41, 5.74) is 3.33. The van der Waals surface area contributed by atoms with Gasteiger partial charge in [0, 0.05) is 34.7 Å². The largest absolute Gasteiger partial charge is 0.395 e. The molecule has 0 saturated heterocycles. The molecule has 0 radical (unpaired) electrons. The quantitative estimate of drug-likeness (QED) is 0.748. The fourth-order valence-electron chi connectivity index (χ4n) is 2.21. The Kier molecular flexibility index (Phi) is 4.30. The van der Waals surface area contributed by atoms with E-state index in [9.17, 15) is 0 Å². The highest BCUT2D eigenvalue weighted by molar-refractivity contribution is 7.17. The van der Waals surface area contributed by atoms with E-state index in [1.54, 1.807) is 11.3 Å². The van der Waals surface area contributed by atoms with Crippen LogP contribution < -0.4 is 0 Å². The van der Waals surface area contributed by atoms with E-state index in [4.69, 9.17) is 5.11 Å². The van der Waals surface area contributed by atoms with Gasteiger partial charge in [0.1, 0.15) is 0 Å². The number of hydrogen-bond donors (Lipinski definition) is 1. The van der Waals surface area contributed by atoms with Gasteiger partial charge in [-0.3, -0.25) is 4.98 Å². The maximum absolute atomic E-state index is 8.71. The molecule has 3 heteroatoms. The minimum atomic E-state index is 0.112. The molecule has 0 unspecified atom stereocenters. The van der Waals surface area contributed by atoms with Gasteiger partial charge >= 0.3 is 0 Å². The number of benzene rings is 1. The van der Waals surface area contributed by atoms with E-state index in [1.807, 2.05) is 18.3 Å². The zero-order chi connectivity index (χ0) is 14.5. The second-order valence-electron chi connectivity index (χ2n) is 4.74. The first-order valence-electron chi connectivity index (χ1n) is 6.86. The van der Waals surface area contributed by atoms with Gasteiger partial charge in [0.15, 0.2) is 0 Å². The smallest absolute Gasteiger partial charge is 0.0540 e. The van der Waals surface area contributed by atoms with Crippen LogP contribution in [0.3, 0.4) is 0 Å². The number of aromatic nitrogens is 1. The number of nitrogens with zero attached hydrogens (tertiary/aromatic N) is 1. The van der Waals surface area contributed by atoms with Crippen molar-refractivity contribution in [3.63, 3.8) is 0 Å². The molecule has 0 aliphatic heterocycles. The van der Waals surface area contributed by atoms with Crippen molar-refractivity contribution in [1.82, 2.24) is 4.98 Å². The van der Waals surface area contributed by atoms with E-state index in [0.717, 1.165) is 17.7 Å². The van der Waals surface area contributed by atoms with Crippen LogP contribution >= 0.6 is 11.3 Å². The average Bonchev–Trinajstić information content (AvgIpc) is 2.99. The van der Waals surface area contributed by atoms with Gasteiger partial charge in [-0.05, 0) is 35.2 Å². The van der Waals surface area contributed by atoms with E-state index < -0.39 is 0 Å². The van der Waals surface area contributed by atoms with Crippen LogP contribution in [0, 0.1) is 11.8 Å². The van der Waals surface area contributed by atoms with Crippen molar-refractivity contribution in [2.45, 2.75) is 12.8 Å². The minimum Gasteiger partial charge on any atom is -0.395 e. The average molecular weight is 293 g/mol. The van der Waals surface area contributed by atoms with Gasteiger partial charge in [0.05, 0.1) is 12.3 Å². The first-order chi connectivity index (χ1) is 10.4. The van der Waals surface area contributed by atoms with Gasteiger partial charge in [0.2, 0.25) is 0 Å². The van der Waals surface area contributed by atoms with Crippen LogP contribution in [0.15, 0.2) is 48.0 Å². The zero-order valence-corrected chi connectivity index (χ0v) is 12.4. The highest BCUT2D eigenvalue weighted by Crippen LogP contribution is 2.24. The van der Waals surface area contributed by atoms with Crippen molar-refractivity contribution in [2.24, 2.45) is 0 Å². The Morgan fingerprint density at radius 2 is 1.95 bits per heavy atom. The van der Waals surface area contributed by atoms with Crippen LogP contribution in [-0.2, 0) is 6.42 Å². The number of pyridine rings is 1. The van der Waals surface area contributed by atoms with Crippen LogP contribution in [0.4, 0.5) is 0 Å². The van der Waals surface area contributed by atoms with Gasteiger partial charge in [-0.25, -0.2) is 0 Å². The second-order valence-corrected chi connectivity index (χ2v) is 5.69. The first kappa shape index (κ1) is 13.8. The molecule has 0 aliphatic carbocycles. The van der Waals surface area contributed by atoms with E-state index in [2.05, 4.69) is 46.5 Å². The van der Waals surface area contributed by atoms with Crippen molar-refractivity contribution in [1.29, 1.82) is 0 Å². The molecule has 0 amide bonds. The normalized spacial score (nSPS) is 10.3. The molecule has 0 fully saturated rings. The second kappa shape index (κ2) is 6.53. The first-order valence-corrected chi connectivity index (χ1v) is 7.74. The number of aliphatic hydroxyl groups is 1. The Morgan fingerprint density at radius 3 is 2.76 bits per heavy atom. The number of thiophene rings is 1. The molecule has 1 N–H and O–H groups in total. The van der Waals surface area contributed by atoms with Gasteiger partial charge in [-0.1, -0.05) is 24.0 Å². The van der Waals surface area contributed by atoms with Crippen molar-refractivity contribution in [3.8, 4) is 11.8 Å². The molecular weight excluding hydrogens is 278 g/mol. The molecule has 104 valence electrons. The van der Waals surface area contributed by atoms with Crippen LogP contribution in [0.2, 0.25) is 0 Å². The predicted octanol–water partition coefficient (Wildman–Crippen LogP) is 3.62. The Balaban J connectivity index is 1.79. The third kappa shape index (κ3) is 3.30. The molecule has 2 aromatic heterocycles. The maximum Gasteiger partial charge on any atom is 0.0540 e. The summed E-state index contributed by atoms with van der Waals surface area (Å²) in [6.45, 7) is 0.112. The van der Waals surface area contributed by atoms with E-state index in [1.165, 1.54) is 15.6 Å². The predicted molar refractivity (Wildman–Crippen MR) is 87.4 cm³/mol. The number of rotatable bonds is 3. The molecule has 2 nitrogen and oxygen atoms in total. The van der Waals surface area contributed by atoms with Gasteiger partial charge in [-0.15, -0.1) is 11.3 Å². The lowest BCUT2D eigenvalue weighted by atomic mass is 10.1. The highest BCUT2D eigenvalue weighted by atomic mass is 32.1. The summed E-state index contributed by atoms with van der Waals surface area (Å²) in [7, 11) is 0. The fourth-order valence-corrected chi connectivity index (χ4v) is 3.02. The molecule has 0 saturated carbocycles. The number of fused-ring (bicyclic) bond motifs is 1. The lowest BCUT2D eigenvalue weighted by molar-refractivity contribution is 0.305. The van der Waals surface area contributed by atoms with Crippen LogP contribution in [0.1, 0.15) is 23.2 Å². The van der Waals surface area contributed by atoms with Crippen molar-refractivity contribution in [3.05, 3.63) is 64.8 Å². The molecule has 1 aromatic carbocycles. The lowest BCUT2D eigenvalue weighted by Crippen LogP contribution is -1.92. The van der Waals surface area contributed by atoms with Crippen LogP contribution in [0.25, 0.3) is 10.1 Å². The molecule has 0 spiro atoms. The third-order valence-corrected chi connectivity index (χ3v) is 4.14. The van der Waals surface area contributed by atoms with Gasteiger partial charge in [-0.2, -0.15) is 0 Å². The summed E-state index contributed by atoms with van der Waals surface area (Å²) < 4.78 is 1.28. The van der Waals surface area contributed by atoms with Gasteiger partial charge < -0.3 is 5.11 Å². The summed E-state index contributed by atoms with van der Waals surface area (Å²) in [4.78, 5) is 4.51. The van der Waals surface area contributed by atoms with E-state index >= 15 is 0 Å². The summed E-state index contributed by atoms with van der Waals surface area (Å²) in [6.07, 6.45) is 3.23. The molecule has 0 bridgehead atoms. The number of aliphatic hydroxyl groups excluding tert-OH is 1. The summed E-state index contributed by atoms with van der Waals surface area (Å²) in [5, 5.41) is 12.1. The molecular formula is C18H15NOS. The zero-order valence-electron chi connectivity index (χ0n) is 11.5. The Morgan fingerprint density at radius 1 is 1.10 bits per heavy atom. The van der Waals surface area contributed by atoms with Crippen molar-refractivity contribution in [2.75, 3.05) is 6.61 Å². The van der Waals surface area contributed by atoms with Crippen LogP contribution in [-0.4, -0.2) is 16.7 Å². The molecule has 21 heavy (non-hydrogen) atoms. The minimum absolute atomic E-state index is 0.112. The maximum atomic E-state index is 8.71. The topological polar surface area (TPSA) is 33.1 Å². The van der Waals surface area contributed by atoms with Crippen molar-refractivity contribution < 1.29 is 5.11 Å². The SMILES string of the molecule is OCCC#Cc1ccc(Cc2nccc3sccc23)cc1. The van der Waals surface area contributed by atoms with E-state index in [0.29, 0.717) is 6.42 Å². The van der Waals surface area contributed by atoms with Gasteiger partial charge in [0.25, 0.3) is 0 Å². The monoisotopic (exact) mass is 293 g/mol. The molecule has 3 aromatic rings. The third-order valence-electron chi connectivity index (χ3n) is 3.26. The standard InChI is InChI=1S/C18H15NOS/c20-11-2-1-3-14-4-6-15(7-5-14)13-17-16-9-12-21-18(16)8-10-19-17/h4-10,12,20H,2,11,13H2. The Hall–Kier alpha value is -2.15. The molecule has 3 rings (SSSR count). The number of hydrogen-bond acceptors (Lipinski definition) is 3. The molecule has 2 heterocycles. The molecule has 0 atom stereocenters. The Bertz CT molecular complexity index is 793. The summed E-state index contributed by atoms with van der Waals surface area (Å²) in [6, 6.07) is 12.4. The lowest BCUT2D eigenvalue weighted by Gasteiger charge is -2.03. The van der Waals surface area contributed by atoms with Crippen LogP contribution in [0.5, 0.6) is 0 Å². The summed E-state index contributed by atoms with van der Waals surface area (Å²) >= 11 is 1.75.